The summed E-state index contributed by atoms with van der Waals surface area (Å²) in [5.74, 6) is 0. The summed E-state index contributed by atoms with van der Waals surface area (Å²) in [6.45, 7) is 6.51. The van der Waals surface area contributed by atoms with Crippen LogP contribution in [-0.2, 0) is 2.84 Å². The first-order valence-electron chi connectivity index (χ1n) is 4.21. The largest absolute Gasteiger partial charge is 0.641 e. The molecule has 3 heteroatoms. The molecule has 1 nitrogen and oxygen atoms in total. The molecular formula is C9H14Al2O. The van der Waals surface area contributed by atoms with Crippen LogP contribution in [0.5, 0.6) is 0 Å². The topological polar surface area (TPSA) is 9.23 Å². The highest BCUT2D eigenvalue weighted by molar-refractivity contribution is 6.52. The lowest BCUT2D eigenvalue weighted by Crippen LogP contribution is -2.23. The Kier molecular flexibility index (Phi) is 3.85. The molecule has 62 valence electrons. The second-order valence-electron chi connectivity index (χ2n) is 3.31. The third-order valence-electron chi connectivity index (χ3n) is 2.13. The zero-order valence-corrected chi connectivity index (χ0v) is 11.7. The fourth-order valence-corrected chi connectivity index (χ4v) is 3.40. The van der Waals surface area contributed by atoms with E-state index >= 15 is 0 Å². The van der Waals surface area contributed by atoms with Gasteiger partial charge in [-0.1, -0.05) is 33.2 Å². The van der Waals surface area contributed by atoms with Crippen molar-refractivity contribution in [1.82, 2.24) is 0 Å². The lowest BCUT2D eigenvalue weighted by atomic mass is 10.1. The van der Waals surface area contributed by atoms with E-state index in [4.69, 9.17) is 2.84 Å². The molecule has 1 aromatic carbocycles. The molecule has 0 aliphatic rings. The molecule has 12 heavy (non-hydrogen) atoms. The summed E-state index contributed by atoms with van der Waals surface area (Å²) in [6, 6.07) is 4.49. The maximum atomic E-state index is 5.41. The van der Waals surface area contributed by atoms with Crippen molar-refractivity contribution in [2.75, 3.05) is 0 Å². The quantitative estimate of drug-likeness (QED) is 0.606. The number of aryl methyl sites for hydroxylation is 3. The molecule has 0 saturated heterocycles. The summed E-state index contributed by atoms with van der Waals surface area (Å²) in [4.78, 5) is 0. The van der Waals surface area contributed by atoms with E-state index in [1.54, 1.807) is 0 Å². The van der Waals surface area contributed by atoms with Crippen molar-refractivity contribution in [3.8, 4) is 0 Å². The fraction of sp³-hybridized carbons (Fsp3) is 0.333. The molecule has 0 heterocycles. The Labute approximate surface area is 88.9 Å². The second-order valence-corrected chi connectivity index (χ2v) is 6.62. The molecule has 0 spiro atoms. The summed E-state index contributed by atoms with van der Waals surface area (Å²) in [6.07, 6.45) is 0. The standard InChI is InChI=1S/C9H11.2Al.O.3H/c1-7-4-8(2)6-9(3)5-7;;;;;;/h4-5H,1-3H3;;;;;;. The summed E-state index contributed by atoms with van der Waals surface area (Å²) in [5.41, 5.74) is 4.18. The number of rotatable bonds is 2. The van der Waals surface area contributed by atoms with Crippen LogP contribution in [0, 0.1) is 20.8 Å². The van der Waals surface area contributed by atoms with Crippen LogP contribution in [0.2, 0.25) is 0 Å². The summed E-state index contributed by atoms with van der Waals surface area (Å²) in [5, 5.41) is 0. The first kappa shape index (κ1) is 10.3. The van der Waals surface area contributed by atoms with E-state index in [0.717, 1.165) is 16.6 Å². The van der Waals surface area contributed by atoms with Gasteiger partial charge in [-0.15, -0.1) is 0 Å². The number of hydrogen-bond acceptors (Lipinski definition) is 1. The molecule has 0 aliphatic carbocycles. The van der Waals surface area contributed by atoms with Gasteiger partial charge >= 0.3 is 32.2 Å². The van der Waals surface area contributed by atoms with Gasteiger partial charge in [0.1, 0.15) is 0 Å². The molecule has 0 saturated carbocycles. The van der Waals surface area contributed by atoms with Crippen LogP contribution < -0.4 is 4.43 Å². The van der Waals surface area contributed by atoms with Gasteiger partial charge in [-0.05, 0) is 20.8 Å². The fourth-order valence-electron chi connectivity index (χ4n) is 1.58. The lowest BCUT2D eigenvalue weighted by molar-refractivity contribution is 0.676. The first-order chi connectivity index (χ1) is 5.65. The van der Waals surface area contributed by atoms with Crippen molar-refractivity contribution in [3.05, 3.63) is 28.8 Å². The summed E-state index contributed by atoms with van der Waals surface area (Å²) >= 11 is 0.466. The smallest absolute Gasteiger partial charge is 0.446 e. The Morgan fingerprint density at radius 1 is 1.17 bits per heavy atom. The average Bonchev–Trinajstić information content (AvgIpc) is 1.96. The third kappa shape index (κ3) is 2.36. The summed E-state index contributed by atoms with van der Waals surface area (Å²) < 4.78 is 6.90. The molecule has 0 aliphatic heterocycles. The van der Waals surface area contributed by atoms with Crippen molar-refractivity contribution in [1.29, 1.82) is 0 Å². The predicted molar refractivity (Wildman–Crippen MR) is 57.1 cm³/mol. The van der Waals surface area contributed by atoms with Gasteiger partial charge in [-0.25, -0.2) is 0 Å². The van der Waals surface area contributed by atoms with Crippen LogP contribution in [0.15, 0.2) is 12.1 Å². The molecule has 0 amide bonds. The van der Waals surface area contributed by atoms with E-state index in [1.165, 1.54) is 21.1 Å². The highest BCUT2D eigenvalue weighted by atomic mass is 27.2. The molecule has 1 aromatic rings. The number of hydrogen-bond donors (Lipinski definition) is 0. The molecule has 0 radical (unpaired) electrons. The van der Waals surface area contributed by atoms with Gasteiger partial charge in [0.05, 0.1) is 0 Å². The Morgan fingerprint density at radius 2 is 1.67 bits per heavy atom. The van der Waals surface area contributed by atoms with Crippen LogP contribution in [0.4, 0.5) is 0 Å². The maximum absolute atomic E-state index is 5.41. The van der Waals surface area contributed by atoms with Gasteiger partial charge in [-0.3, -0.25) is 0 Å². The minimum absolute atomic E-state index is 0.413. The molecule has 0 N–H and O–H groups in total. The Balaban J connectivity index is 3.10. The van der Waals surface area contributed by atoms with E-state index in [2.05, 4.69) is 32.9 Å². The Morgan fingerprint density at radius 3 is 2.08 bits per heavy atom. The van der Waals surface area contributed by atoms with Gasteiger partial charge in [0, 0.05) is 0 Å². The van der Waals surface area contributed by atoms with E-state index in [-0.39, 0.29) is 0 Å². The SMILES string of the molecule is Cc1cc(C)[c]([AlH][O][AlH2])c(C)c1. The van der Waals surface area contributed by atoms with E-state index in [0.29, 0.717) is 0 Å². The zero-order chi connectivity index (χ0) is 9.14. The van der Waals surface area contributed by atoms with Gasteiger partial charge < -0.3 is 2.84 Å². The van der Waals surface area contributed by atoms with Gasteiger partial charge in [-0.2, -0.15) is 0 Å². The van der Waals surface area contributed by atoms with E-state index < -0.39 is 15.6 Å². The van der Waals surface area contributed by atoms with Crippen LogP contribution in [0.25, 0.3) is 0 Å². The first-order valence-corrected chi connectivity index (χ1v) is 6.31. The van der Waals surface area contributed by atoms with Crippen LogP contribution >= 0.6 is 0 Å². The van der Waals surface area contributed by atoms with Gasteiger partial charge in [0.15, 0.2) is 0 Å². The highest BCUT2D eigenvalue weighted by Gasteiger charge is 2.05. The van der Waals surface area contributed by atoms with E-state index in [9.17, 15) is 0 Å². The minimum Gasteiger partial charge on any atom is -0.641 e. The van der Waals surface area contributed by atoms with Crippen molar-refractivity contribution < 1.29 is 2.84 Å². The van der Waals surface area contributed by atoms with Crippen molar-refractivity contribution >= 4 is 36.6 Å². The lowest BCUT2D eigenvalue weighted by Gasteiger charge is -2.09. The van der Waals surface area contributed by atoms with Crippen LogP contribution in [-0.4, -0.2) is 32.2 Å². The van der Waals surface area contributed by atoms with Crippen molar-refractivity contribution in [2.24, 2.45) is 0 Å². The number of benzene rings is 1. The minimum atomic E-state index is -0.413. The molecule has 0 fully saturated rings. The van der Waals surface area contributed by atoms with Crippen molar-refractivity contribution in [3.63, 3.8) is 0 Å². The third-order valence-corrected chi connectivity index (χ3v) is 4.69. The zero-order valence-electron chi connectivity index (χ0n) is 8.27. The van der Waals surface area contributed by atoms with Crippen LogP contribution in [0.1, 0.15) is 16.7 Å². The average molecular weight is 192 g/mol. The molecule has 0 unspecified atom stereocenters. The molecular weight excluding hydrogens is 178 g/mol. The molecule has 0 bridgehead atoms. The predicted octanol–water partition coefficient (Wildman–Crippen LogP) is 0.153. The second kappa shape index (κ2) is 4.47. The molecule has 0 aromatic heterocycles. The highest BCUT2D eigenvalue weighted by Crippen LogP contribution is 2.04. The normalized spacial score (nSPS) is 9.92. The van der Waals surface area contributed by atoms with Gasteiger partial charge in [0.2, 0.25) is 0 Å². The Hall–Kier alpha value is 0.245. The van der Waals surface area contributed by atoms with Gasteiger partial charge in [0.25, 0.3) is 0 Å². The van der Waals surface area contributed by atoms with E-state index in [1.807, 2.05) is 0 Å². The van der Waals surface area contributed by atoms with Crippen molar-refractivity contribution in [2.45, 2.75) is 20.8 Å². The summed E-state index contributed by atoms with van der Waals surface area (Å²) in [7, 11) is 0. The Bertz CT molecular complexity index is 261. The molecule has 1 rings (SSSR count). The van der Waals surface area contributed by atoms with Crippen LogP contribution in [0.3, 0.4) is 0 Å². The monoisotopic (exact) mass is 192 g/mol. The molecule has 0 atom stereocenters. The maximum Gasteiger partial charge on any atom is 0.446 e.